The number of nitrogens with two attached hydrogens (primary N) is 1. The first-order valence-corrected chi connectivity index (χ1v) is 6.01. The summed E-state index contributed by atoms with van der Waals surface area (Å²) in [5.41, 5.74) is 6.89. The molecule has 7 heteroatoms. The van der Waals surface area contributed by atoms with E-state index in [0.29, 0.717) is 17.7 Å². The van der Waals surface area contributed by atoms with Gasteiger partial charge in [-0.25, -0.2) is 8.78 Å². The van der Waals surface area contributed by atoms with Crippen molar-refractivity contribution in [2.45, 2.75) is 13.3 Å². The van der Waals surface area contributed by atoms with E-state index in [2.05, 4.69) is 15.5 Å². The van der Waals surface area contributed by atoms with Crippen molar-refractivity contribution < 1.29 is 13.6 Å². The number of nitrogens with one attached hydrogen (secondary N) is 2. The minimum atomic E-state index is -0.638. The zero-order chi connectivity index (χ0) is 14.7. The standard InChI is InChI=1S/C13H14F2N4O/c1-7-11(12(16)19-18-7)13(20)17-3-2-8-4-9(14)6-10(15)5-8/h4-6H,2-3H2,1H3,(H,17,20)(H3,16,18,19). The maximum absolute atomic E-state index is 13.0. The highest BCUT2D eigenvalue weighted by molar-refractivity contribution is 5.99. The van der Waals surface area contributed by atoms with Crippen LogP contribution in [0, 0.1) is 18.6 Å². The minimum absolute atomic E-state index is 0.122. The number of carbonyl (C=O) groups excluding carboxylic acids is 1. The minimum Gasteiger partial charge on any atom is -0.382 e. The van der Waals surface area contributed by atoms with Gasteiger partial charge in [0, 0.05) is 18.3 Å². The molecule has 1 heterocycles. The second kappa shape index (κ2) is 5.68. The van der Waals surface area contributed by atoms with Crippen molar-refractivity contribution in [2.75, 3.05) is 12.3 Å². The van der Waals surface area contributed by atoms with Gasteiger partial charge < -0.3 is 11.1 Å². The van der Waals surface area contributed by atoms with E-state index in [9.17, 15) is 13.6 Å². The van der Waals surface area contributed by atoms with Crippen molar-refractivity contribution in [3.8, 4) is 0 Å². The Bertz CT molecular complexity index is 600. The van der Waals surface area contributed by atoms with Gasteiger partial charge in [-0.1, -0.05) is 0 Å². The molecule has 0 bridgehead atoms. The van der Waals surface area contributed by atoms with Crippen LogP contribution in [0.4, 0.5) is 14.6 Å². The SMILES string of the molecule is Cc1[nH]nc(N)c1C(=O)NCCc1cc(F)cc(F)c1. The number of H-pyrrole nitrogens is 1. The molecule has 0 saturated carbocycles. The predicted octanol–water partition coefficient (Wildman–Crippen LogP) is 1.55. The van der Waals surface area contributed by atoms with Gasteiger partial charge >= 0.3 is 0 Å². The summed E-state index contributed by atoms with van der Waals surface area (Å²) in [7, 11) is 0. The number of rotatable bonds is 4. The molecule has 1 aromatic carbocycles. The van der Waals surface area contributed by atoms with Gasteiger partial charge in [-0.15, -0.1) is 0 Å². The van der Waals surface area contributed by atoms with Crippen LogP contribution in [0.25, 0.3) is 0 Å². The Morgan fingerprint density at radius 2 is 2.00 bits per heavy atom. The Morgan fingerprint density at radius 1 is 1.35 bits per heavy atom. The number of halogens is 2. The number of aryl methyl sites for hydroxylation is 1. The Kier molecular flexibility index (Phi) is 3.97. The van der Waals surface area contributed by atoms with E-state index < -0.39 is 11.6 Å². The number of hydrogen-bond acceptors (Lipinski definition) is 3. The fourth-order valence-electron chi connectivity index (χ4n) is 1.90. The van der Waals surface area contributed by atoms with Gasteiger partial charge in [0.1, 0.15) is 17.2 Å². The number of nitrogens with zero attached hydrogens (tertiary/aromatic N) is 1. The van der Waals surface area contributed by atoms with Gasteiger partial charge in [-0.2, -0.15) is 5.10 Å². The van der Waals surface area contributed by atoms with Crippen LogP contribution in [-0.2, 0) is 6.42 Å². The Morgan fingerprint density at radius 3 is 2.55 bits per heavy atom. The quantitative estimate of drug-likeness (QED) is 0.794. The van der Waals surface area contributed by atoms with Crippen LogP contribution in [0.5, 0.6) is 0 Å². The lowest BCUT2D eigenvalue weighted by atomic mass is 10.1. The molecule has 0 fully saturated rings. The van der Waals surface area contributed by atoms with Crippen LogP contribution in [0.1, 0.15) is 21.6 Å². The van der Waals surface area contributed by atoms with Crippen molar-refractivity contribution in [3.05, 3.63) is 46.7 Å². The summed E-state index contributed by atoms with van der Waals surface area (Å²) in [4.78, 5) is 11.9. The first-order chi connectivity index (χ1) is 9.47. The molecule has 0 aliphatic heterocycles. The van der Waals surface area contributed by atoms with Crippen molar-refractivity contribution in [2.24, 2.45) is 0 Å². The highest BCUT2D eigenvalue weighted by atomic mass is 19.1. The lowest BCUT2D eigenvalue weighted by Gasteiger charge is -2.06. The molecule has 20 heavy (non-hydrogen) atoms. The van der Waals surface area contributed by atoms with E-state index >= 15 is 0 Å². The van der Waals surface area contributed by atoms with E-state index in [1.54, 1.807) is 6.92 Å². The second-order valence-corrected chi connectivity index (χ2v) is 4.39. The van der Waals surface area contributed by atoms with Crippen LogP contribution < -0.4 is 11.1 Å². The van der Waals surface area contributed by atoms with Crippen LogP contribution in [0.2, 0.25) is 0 Å². The molecule has 0 saturated heterocycles. The fraction of sp³-hybridized carbons (Fsp3) is 0.231. The normalized spacial score (nSPS) is 10.6. The second-order valence-electron chi connectivity index (χ2n) is 4.39. The molecule has 0 radical (unpaired) electrons. The highest BCUT2D eigenvalue weighted by Crippen LogP contribution is 2.12. The molecule has 0 spiro atoms. The Balaban J connectivity index is 1.94. The Labute approximate surface area is 114 Å². The monoisotopic (exact) mass is 280 g/mol. The van der Waals surface area contributed by atoms with Gasteiger partial charge in [-0.05, 0) is 31.0 Å². The molecule has 5 nitrogen and oxygen atoms in total. The molecule has 4 N–H and O–H groups in total. The maximum atomic E-state index is 13.0. The summed E-state index contributed by atoms with van der Waals surface area (Å²) in [5, 5.41) is 8.96. The molecule has 0 atom stereocenters. The number of anilines is 1. The van der Waals surface area contributed by atoms with E-state index in [4.69, 9.17) is 5.73 Å². The number of benzene rings is 1. The molecule has 2 aromatic rings. The molecule has 106 valence electrons. The molecular weight excluding hydrogens is 266 g/mol. The van der Waals surface area contributed by atoms with Crippen LogP contribution in [0.3, 0.4) is 0 Å². The lowest BCUT2D eigenvalue weighted by molar-refractivity contribution is 0.0954. The largest absolute Gasteiger partial charge is 0.382 e. The number of carbonyl (C=O) groups is 1. The average Bonchev–Trinajstić information content (AvgIpc) is 2.67. The molecule has 0 aliphatic carbocycles. The van der Waals surface area contributed by atoms with Crippen molar-refractivity contribution >= 4 is 11.7 Å². The van der Waals surface area contributed by atoms with Gasteiger partial charge in [0.15, 0.2) is 5.82 Å². The molecule has 0 aliphatic rings. The van der Waals surface area contributed by atoms with Gasteiger partial charge in [0.2, 0.25) is 0 Å². The van der Waals surface area contributed by atoms with Crippen LogP contribution in [0.15, 0.2) is 18.2 Å². The van der Waals surface area contributed by atoms with E-state index in [1.165, 1.54) is 12.1 Å². The van der Waals surface area contributed by atoms with Crippen LogP contribution >= 0.6 is 0 Å². The van der Waals surface area contributed by atoms with Crippen molar-refractivity contribution in [1.82, 2.24) is 15.5 Å². The fourth-order valence-corrected chi connectivity index (χ4v) is 1.90. The number of amides is 1. The van der Waals surface area contributed by atoms with Gasteiger partial charge in [0.05, 0.1) is 0 Å². The maximum Gasteiger partial charge on any atom is 0.256 e. The smallest absolute Gasteiger partial charge is 0.256 e. The third kappa shape index (κ3) is 3.11. The van der Waals surface area contributed by atoms with Gasteiger partial charge in [-0.3, -0.25) is 9.89 Å². The lowest BCUT2D eigenvalue weighted by Crippen LogP contribution is -2.26. The molecule has 1 aromatic heterocycles. The highest BCUT2D eigenvalue weighted by Gasteiger charge is 2.15. The zero-order valence-corrected chi connectivity index (χ0v) is 10.8. The first-order valence-electron chi connectivity index (χ1n) is 6.01. The van der Waals surface area contributed by atoms with E-state index in [1.807, 2.05) is 0 Å². The molecular formula is C13H14F2N4O. The molecule has 2 rings (SSSR count). The summed E-state index contributed by atoms with van der Waals surface area (Å²) in [5.74, 6) is -1.52. The van der Waals surface area contributed by atoms with E-state index in [0.717, 1.165) is 6.07 Å². The average molecular weight is 280 g/mol. The van der Waals surface area contributed by atoms with Crippen molar-refractivity contribution in [1.29, 1.82) is 0 Å². The third-order valence-corrected chi connectivity index (χ3v) is 2.82. The number of hydrogen-bond donors (Lipinski definition) is 3. The number of aromatic amines is 1. The van der Waals surface area contributed by atoms with Crippen molar-refractivity contribution in [3.63, 3.8) is 0 Å². The number of aromatic nitrogens is 2. The molecule has 1 amide bonds. The Hall–Kier alpha value is -2.44. The summed E-state index contributed by atoms with van der Waals surface area (Å²) in [6.45, 7) is 1.92. The summed E-state index contributed by atoms with van der Waals surface area (Å²) in [6, 6.07) is 3.26. The summed E-state index contributed by atoms with van der Waals surface area (Å²) >= 11 is 0. The van der Waals surface area contributed by atoms with Gasteiger partial charge in [0.25, 0.3) is 5.91 Å². The first kappa shape index (κ1) is 14.0. The topological polar surface area (TPSA) is 83.8 Å². The predicted molar refractivity (Wildman–Crippen MR) is 70.1 cm³/mol. The zero-order valence-electron chi connectivity index (χ0n) is 10.8. The summed E-state index contributed by atoms with van der Waals surface area (Å²) < 4.78 is 26.0. The summed E-state index contributed by atoms with van der Waals surface area (Å²) in [6.07, 6.45) is 0.317. The third-order valence-electron chi connectivity index (χ3n) is 2.82. The van der Waals surface area contributed by atoms with E-state index in [-0.39, 0.29) is 23.8 Å². The van der Waals surface area contributed by atoms with Crippen LogP contribution in [-0.4, -0.2) is 22.6 Å². The molecule has 0 unspecified atom stereocenters. The number of nitrogen functional groups attached to an aromatic ring is 1.